The maximum Gasteiger partial charge on any atom is 0.127 e. The molecule has 0 aliphatic carbocycles. The number of halogens is 3. The van der Waals surface area contributed by atoms with Crippen molar-refractivity contribution >= 4 is 0 Å². The normalized spacial score (nSPS) is 16.5. The number of hydrogen-bond donors (Lipinski definition) is 2. The third-order valence-corrected chi connectivity index (χ3v) is 4.81. The van der Waals surface area contributed by atoms with Crippen LogP contribution in [0.15, 0.2) is 48.5 Å². The van der Waals surface area contributed by atoms with Crippen LogP contribution in [0, 0.1) is 11.6 Å². The van der Waals surface area contributed by atoms with Gasteiger partial charge in [0.05, 0.1) is 20.1 Å². The molecule has 1 heterocycles. The molecule has 0 unspecified atom stereocenters. The fourth-order valence-corrected chi connectivity index (χ4v) is 3.22. The van der Waals surface area contributed by atoms with Gasteiger partial charge in [-0.25, -0.2) is 8.78 Å². The Morgan fingerprint density at radius 1 is 0.920 bits per heavy atom. The van der Waals surface area contributed by atoms with E-state index in [1.807, 2.05) is 0 Å². The van der Waals surface area contributed by atoms with Crippen molar-refractivity contribution in [2.75, 3.05) is 39.8 Å². The minimum atomic E-state index is -1.30. The predicted octanol–water partition coefficient (Wildman–Crippen LogP) is -1.96. The number of rotatable bonds is 4. The standard InChI is InChI=1S/C19H22F2N2O.ClH/c1-22-10-12-23(13-11-22)14-19(24,15-2-6-17(20)7-3-15)16-4-8-18(21)9-5-16;/h2-9,24H,10-14H2,1H3;1H. The van der Waals surface area contributed by atoms with Crippen LogP contribution in [0.25, 0.3) is 0 Å². The van der Waals surface area contributed by atoms with Crippen LogP contribution in [0.5, 0.6) is 0 Å². The molecule has 0 bridgehead atoms. The Kier molecular flexibility index (Phi) is 6.52. The number of hydrogen-bond acceptors (Lipinski definition) is 2. The first-order valence-corrected chi connectivity index (χ1v) is 8.25. The average Bonchev–Trinajstić information content (AvgIpc) is 2.58. The summed E-state index contributed by atoms with van der Waals surface area (Å²) >= 11 is 0. The highest BCUT2D eigenvalue weighted by Crippen LogP contribution is 2.31. The number of likely N-dealkylation sites (N-methyl/N-ethyl adjacent to an activating group) is 1. The van der Waals surface area contributed by atoms with Crippen LogP contribution >= 0.6 is 0 Å². The van der Waals surface area contributed by atoms with E-state index in [9.17, 15) is 13.9 Å². The molecule has 1 saturated heterocycles. The molecule has 1 aliphatic rings. The van der Waals surface area contributed by atoms with Crippen LogP contribution in [-0.4, -0.2) is 49.8 Å². The molecule has 25 heavy (non-hydrogen) atoms. The van der Waals surface area contributed by atoms with Crippen LogP contribution in [0.4, 0.5) is 8.78 Å². The Morgan fingerprint density at radius 3 is 1.72 bits per heavy atom. The summed E-state index contributed by atoms with van der Waals surface area (Å²) in [6, 6.07) is 11.8. The van der Waals surface area contributed by atoms with Gasteiger partial charge >= 0.3 is 0 Å². The lowest BCUT2D eigenvalue weighted by Gasteiger charge is -2.37. The molecule has 3 nitrogen and oxygen atoms in total. The van der Waals surface area contributed by atoms with Gasteiger partial charge in [0, 0.05) is 19.6 Å². The Morgan fingerprint density at radius 2 is 1.32 bits per heavy atom. The number of nitrogens with zero attached hydrogens (tertiary/aromatic N) is 1. The zero-order valence-corrected chi connectivity index (χ0v) is 14.9. The maximum absolute atomic E-state index is 13.3. The topological polar surface area (TPSA) is 27.9 Å². The number of β-amino-alcohol motifs (C(OH)–C–C–N with tert-alkyl or cyclic N) is 1. The van der Waals surface area contributed by atoms with Crippen LogP contribution in [0.3, 0.4) is 0 Å². The van der Waals surface area contributed by atoms with Crippen molar-refractivity contribution in [1.29, 1.82) is 0 Å². The summed E-state index contributed by atoms with van der Waals surface area (Å²) in [6.45, 7) is 4.20. The second-order valence-electron chi connectivity index (χ2n) is 6.61. The van der Waals surface area contributed by atoms with Crippen molar-refractivity contribution in [1.82, 2.24) is 4.90 Å². The molecule has 0 radical (unpaired) electrons. The van der Waals surface area contributed by atoms with Gasteiger partial charge in [0.1, 0.15) is 17.2 Å². The summed E-state index contributed by atoms with van der Waals surface area (Å²) in [4.78, 5) is 3.68. The smallest absolute Gasteiger partial charge is 0.127 e. The molecule has 3 rings (SSSR count). The fourth-order valence-electron chi connectivity index (χ4n) is 3.22. The molecule has 2 aromatic carbocycles. The molecular formula is C19H23ClF2N2O. The monoisotopic (exact) mass is 368 g/mol. The number of nitrogens with one attached hydrogen (secondary N) is 1. The number of aliphatic hydroxyl groups is 1. The third kappa shape index (κ3) is 4.55. The molecule has 0 spiro atoms. The lowest BCUT2D eigenvalue weighted by Crippen LogP contribution is -3.12. The lowest BCUT2D eigenvalue weighted by atomic mass is 9.85. The van der Waals surface area contributed by atoms with Gasteiger partial charge in [0.15, 0.2) is 0 Å². The van der Waals surface area contributed by atoms with Gasteiger partial charge in [0.2, 0.25) is 0 Å². The van der Waals surface area contributed by atoms with E-state index in [2.05, 4.69) is 11.9 Å². The van der Waals surface area contributed by atoms with Crippen molar-refractivity contribution < 1.29 is 31.2 Å². The van der Waals surface area contributed by atoms with E-state index in [0.29, 0.717) is 17.7 Å². The van der Waals surface area contributed by atoms with Gasteiger partial charge in [0.25, 0.3) is 0 Å². The van der Waals surface area contributed by atoms with Crippen molar-refractivity contribution in [3.8, 4) is 0 Å². The Bertz CT molecular complexity index is 625. The maximum atomic E-state index is 13.3. The molecule has 2 N–H and O–H groups in total. The van der Waals surface area contributed by atoms with Crippen molar-refractivity contribution in [3.63, 3.8) is 0 Å². The Labute approximate surface area is 153 Å². The average molecular weight is 369 g/mol. The molecule has 0 amide bonds. The minimum absolute atomic E-state index is 0. The predicted molar refractivity (Wildman–Crippen MR) is 88.9 cm³/mol. The van der Waals surface area contributed by atoms with Crippen LogP contribution in [-0.2, 0) is 5.60 Å². The summed E-state index contributed by atoms with van der Waals surface area (Å²) in [5, 5.41) is 11.5. The van der Waals surface area contributed by atoms with Gasteiger partial charge in [-0.05, 0) is 35.4 Å². The Hall–Kier alpha value is -1.53. The van der Waals surface area contributed by atoms with Gasteiger partial charge < -0.3 is 22.4 Å². The van der Waals surface area contributed by atoms with Gasteiger partial charge in [-0.3, -0.25) is 4.90 Å². The molecule has 2 aromatic rings. The molecule has 0 aromatic heterocycles. The quantitative estimate of drug-likeness (QED) is 0.656. The molecule has 136 valence electrons. The highest BCUT2D eigenvalue weighted by atomic mass is 35.5. The van der Waals surface area contributed by atoms with Gasteiger partial charge in [-0.1, -0.05) is 24.3 Å². The van der Waals surface area contributed by atoms with E-state index < -0.39 is 5.60 Å². The SMILES string of the molecule is C[NH+]1CCN(CC(O)(c2ccc(F)cc2)c2ccc(F)cc2)CC1.[Cl-]. The summed E-state index contributed by atoms with van der Waals surface area (Å²) in [5.74, 6) is -0.688. The molecule has 0 atom stereocenters. The number of benzene rings is 2. The largest absolute Gasteiger partial charge is 1.00 e. The summed E-state index contributed by atoms with van der Waals surface area (Å²) < 4.78 is 26.6. The van der Waals surface area contributed by atoms with E-state index in [1.54, 1.807) is 24.3 Å². The summed E-state index contributed by atoms with van der Waals surface area (Å²) in [6.07, 6.45) is 0. The molecule has 1 aliphatic heterocycles. The lowest BCUT2D eigenvalue weighted by molar-refractivity contribution is -0.884. The van der Waals surface area contributed by atoms with E-state index in [4.69, 9.17) is 0 Å². The van der Waals surface area contributed by atoms with Crippen LogP contribution in [0.2, 0.25) is 0 Å². The van der Waals surface area contributed by atoms with E-state index in [-0.39, 0.29) is 24.0 Å². The summed E-state index contributed by atoms with van der Waals surface area (Å²) in [7, 11) is 2.16. The third-order valence-electron chi connectivity index (χ3n) is 4.81. The molecular weight excluding hydrogens is 346 g/mol. The number of piperazine rings is 1. The van der Waals surface area contributed by atoms with Gasteiger partial charge in [-0.2, -0.15) is 0 Å². The highest BCUT2D eigenvalue weighted by molar-refractivity contribution is 5.37. The van der Waals surface area contributed by atoms with Crippen molar-refractivity contribution in [3.05, 3.63) is 71.3 Å². The highest BCUT2D eigenvalue weighted by Gasteiger charge is 2.35. The summed E-state index contributed by atoms with van der Waals surface area (Å²) in [5.41, 5.74) is -0.0734. The van der Waals surface area contributed by atoms with Gasteiger partial charge in [-0.15, -0.1) is 0 Å². The zero-order valence-electron chi connectivity index (χ0n) is 14.2. The zero-order chi connectivity index (χ0) is 17.2. The van der Waals surface area contributed by atoms with Crippen molar-refractivity contribution in [2.45, 2.75) is 5.60 Å². The van der Waals surface area contributed by atoms with Crippen LogP contribution in [0.1, 0.15) is 11.1 Å². The molecule has 0 saturated carbocycles. The molecule has 6 heteroatoms. The Balaban J connectivity index is 0.00000225. The van der Waals surface area contributed by atoms with E-state index in [1.165, 1.54) is 29.2 Å². The minimum Gasteiger partial charge on any atom is -1.00 e. The fraction of sp³-hybridized carbons (Fsp3) is 0.368. The first-order chi connectivity index (χ1) is 11.5. The second-order valence-corrected chi connectivity index (χ2v) is 6.61. The van der Waals surface area contributed by atoms with Crippen LogP contribution < -0.4 is 17.3 Å². The van der Waals surface area contributed by atoms with E-state index >= 15 is 0 Å². The molecule has 1 fully saturated rings. The van der Waals surface area contributed by atoms with Crippen molar-refractivity contribution in [2.24, 2.45) is 0 Å². The van der Waals surface area contributed by atoms with E-state index in [0.717, 1.165) is 26.2 Å². The first-order valence-electron chi connectivity index (χ1n) is 8.25. The second kappa shape index (κ2) is 8.23. The first kappa shape index (κ1) is 19.8. The number of quaternary nitrogens is 1.